The lowest BCUT2D eigenvalue weighted by Gasteiger charge is -2.22. The summed E-state index contributed by atoms with van der Waals surface area (Å²) in [6.07, 6.45) is 0. The predicted molar refractivity (Wildman–Crippen MR) is 133 cm³/mol. The molecule has 2 N–H and O–H groups in total. The molecule has 0 fully saturated rings. The molecule has 0 saturated carbocycles. The van der Waals surface area contributed by atoms with Gasteiger partial charge >= 0.3 is 0 Å². The molecule has 2 aliphatic rings. The Morgan fingerprint density at radius 3 is 2.31 bits per heavy atom. The summed E-state index contributed by atoms with van der Waals surface area (Å²) in [5.41, 5.74) is 5.06. The van der Waals surface area contributed by atoms with Crippen molar-refractivity contribution >= 4 is 16.7 Å². The van der Waals surface area contributed by atoms with Gasteiger partial charge in [0.2, 0.25) is 5.36 Å². The Balaban J connectivity index is 2.11. The molecule has 1 aliphatic heterocycles. The smallest absolute Gasteiger partial charge is 0.203 e. The van der Waals surface area contributed by atoms with E-state index in [1.54, 1.807) is 0 Å². The summed E-state index contributed by atoms with van der Waals surface area (Å²) in [5.74, 6) is 7.13. The Hall–Kier alpha value is -3.31. The van der Waals surface area contributed by atoms with Crippen LogP contribution in [0.2, 0.25) is 0 Å². The minimum absolute atomic E-state index is 0.641. The summed E-state index contributed by atoms with van der Waals surface area (Å²) in [7, 11) is 0. The lowest BCUT2D eigenvalue weighted by atomic mass is 9.93. The van der Waals surface area contributed by atoms with Crippen molar-refractivity contribution in [2.45, 2.75) is 27.7 Å². The first kappa shape index (κ1) is 21.9. The highest BCUT2D eigenvalue weighted by molar-refractivity contribution is 6.03. The van der Waals surface area contributed by atoms with Gasteiger partial charge in [-0.2, -0.15) is 5.90 Å². The normalized spacial score (nSPS) is 11.2. The van der Waals surface area contributed by atoms with Crippen LogP contribution < -0.4 is 25.6 Å². The van der Waals surface area contributed by atoms with E-state index in [9.17, 15) is 0 Å². The fourth-order valence-electron chi connectivity index (χ4n) is 4.50. The van der Waals surface area contributed by atoms with E-state index >= 15 is 0 Å². The zero-order chi connectivity index (χ0) is 22.7. The zero-order valence-corrected chi connectivity index (χ0v) is 19.4. The van der Waals surface area contributed by atoms with Crippen LogP contribution in [-0.2, 0) is 0 Å². The van der Waals surface area contributed by atoms with Crippen LogP contribution >= 0.6 is 0 Å². The van der Waals surface area contributed by atoms with Crippen LogP contribution in [0.1, 0.15) is 27.7 Å². The second kappa shape index (κ2) is 9.45. The number of hydrogen-bond acceptors (Lipinski definition) is 4. The zero-order valence-electron chi connectivity index (χ0n) is 19.4. The standard InChI is InChI=1S/C27H32N3O2/c1-5-29(6-2)19-13-15-22-25(17-19)31-26-18-20(30(7-3)8-4)14-16-23(26)27(22)21-11-9-10-12-24(21)32-28/h9-18H,5-8,28H2,1-4H3/q+1. The molecule has 0 unspecified atom stereocenters. The van der Waals surface area contributed by atoms with Gasteiger partial charge in [-0.05, 0) is 52.0 Å². The summed E-state index contributed by atoms with van der Waals surface area (Å²) >= 11 is 0. The lowest BCUT2D eigenvalue weighted by molar-refractivity contribution is 0.336. The van der Waals surface area contributed by atoms with E-state index in [4.69, 9.17) is 15.2 Å². The Bertz CT molecular complexity index is 1270. The number of nitrogens with zero attached hydrogens (tertiary/aromatic N) is 2. The minimum atomic E-state index is 0.641. The van der Waals surface area contributed by atoms with Crippen LogP contribution in [0.5, 0.6) is 5.75 Å². The van der Waals surface area contributed by atoms with E-state index in [1.165, 1.54) is 0 Å². The SMILES string of the molecule is CCN(CC)c1ccc2c(-c3ccccc3ON)c3ccc(=[N+](CC)CC)cc-3oc2c1. The average molecular weight is 431 g/mol. The number of rotatable bonds is 7. The van der Waals surface area contributed by atoms with E-state index in [2.05, 4.69) is 73.6 Å². The van der Waals surface area contributed by atoms with Crippen molar-refractivity contribution in [2.24, 2.45) is 5.90 Å². The van der Waals surface area contributed by atoms with Gasteiger partial charge in [0, 0.05) is 53.0 Å². The first-order valence-corrected chi connectivity index (χ1v) is 11.4. The van der Waals surface area contributed by atoms with Crippen LogP contribution in [0.4, 0.5) is 5.69 Å². The molecule has 166 valence electrons. The summed E-state index contributed by atoms with van der Waals surface area (Å²) in [4.78, 5) is 7.57. The van der Waals surface area contributed by atoms with Crippen molar-refractivity contribution in [2.75, 3.05) is 31.1 Å². The number of nitrogens with two attached hydrogens (primary N) is 1. The third kappa shape index (κ3) is 3.84. The van der Waals surface area contributed by atoms with E-state index in [-0.39, 0.29) is 0 Å². The predicted octanol–water partition coefficient (Wildman–Crippen LogP) is 5.12. The Morgan fingerprint density at radius 1 is 0.875 bits per heavy atom. The molecule has 0 aromatic heterocycles. The second-order valence-corrected chi connectivity index (χ2v) is 7.80. The molecule has 0 radical (unpaired) electrons. The molecule has 1 aliphatic carbocycles. The van der Waals surface area contributed by atoms with Crippen molar-refractivity contribution in [1.29, 1.82) is 0 Å². The topological polar surface area (TPSA) is 54.6 Å². The fraction of sp³-hybridized carbons (Fsp3) is 0.296. The van der Waals surface area contributed by atoms with Crippen molar-refractivity contribution in [3.8, 4) is 28.2 Å². The molecular formula is C27H32N3O2+. The quantitative estimate of drug-likeness (QED) is 0.251. The molecule has 0 spiro atoms. The van der Waals surface area contributed by atoms with Gasteiger partial charge in [0.15, 0.2) is 5.75 Å². The molecule has 0 bridgehead atoms. The molecule has 2 aromatic carbocycles. The maximum Gasteiger partial charge on any atom is 0.203 e. The monoisotopic (exact) mass is 430 g/mol. The van der Waals surface area contributed by atoms with Crippen LogP contribution in [0.3, 0.4) is 0 Å². The molecule has 0 atom stereocenters. The Kier molecular flexibility index (Phi) is 6.47. The Morgan fingerprint density at radius 2 is 1.62 bits per heavy atom. The van der Waals surface area contributed by atoms with E-state index in [1.807, 2.05) is 24.3 Å². The molecule has 2 aromatic rings. The molecule has 5 nitrogen and oxygen atoms in total. The van der Waals surface area contributed by atoms with E-state index < -0.39 is 0 Å². The summed E-state index contributed by atoms with van der Waals surface area (Å²) < 4.78 is 8.84. The van der Waals surface area contributed by atoms with Crippen LogP contribution in [0.25, 0.3) is 33.4 Å². The molecule has 0 amide bonds. The van der Waals surface area contributed by atoms with Gasteiger partial charge in [-0.1, -0.05) is 18.2 Å². The summed E-state index contributed by atoms with van der Waals surface area (Å²) in [6, 6.07) is 20.8. The van der Waals surface area contributed by atoms with Gasteiger partial charge in [0.1, 0.15) is 24.4 Å². The number of benzene rings is 3. The minimum Gasteiger partial charge on any atom is -0.456 e. The molecular weight excluding hydrogens is 398 g/mol. The summed E-state index contributed by atoms with van der Waals surface area (Å²) in [6.45, 7) is 12.4. The highest BCUT2D eigenvalue weighted by atomic mass is 16.6. The molecule has 5 heteroatoms. The number of para-hydroxylation sites is 1. The lowest BCUT2D eigenvalue weighted by Crippen LogP contribution is -2.29. The number of anilines is 1. The third-order valence-corrected chi connectivity index (χ3v) is 6.23. The van der Waals surface area contributed by atoms with Gasteiger partial charge in [-0.15, -0.1) is 0 Å². The van der Waals surface area contributed by atoms with Crippen molar-refractivity contribution < 1.29 is 9.25 Å². The third-order valence-electron chi connectivity index (χ3n) is 6.23. The van der Waals surface area contributed by atoms with Crippen LogP contribution in [-0.4, -0.2) is 26.2 Å². The van der Waals surface area contributed by atoms with E-state index in [0.717, 1.165) is 70.6 Å². The first-order valence-electron chi connectivity index (χ1n) is 11.4. The molecule has 32 heavy (non-hydrogen) atoms. The number of hydrogen-bond donors (Lipinski definition) is 1. The molecule has 4 rings (SSSR count). The average Bonchev–Trinajstić information content (AvgIpc) is 2.84. The van der Waals surface area contributed by atoms with Crippen molar-refractivity contribution in [3.63, 3.8) is 0 Å². The van der Waals surface area contributed by atoms with Crippen molar-refractivity contribution in [1.82, 2.24) is 4.58 Å². The highest BCUT2D eigenvalue weighted by Crippen LogP contribution is 2.43. The summed E-state index contributed by atoms with van der Waals surface area (Å²) in [5, 5.41) is 2.19. The van der Waals surface area contributed by atoms with Gasteiger partial charge in [0.05, 0.1) is 6.07 Å². The van der Waals surface area contributed by atoms with Crippen molar-refractivity contribution in [3.05, 3.63) is 66.0 Å². The molecule has 0 saturated heterocycles. The van der Waals surface area contributed by atoms with Gasteiger partial charge in [0.25, 0.3) is 0 Å². The molecule has 1 heterocycles. The van der Waals surface area contributed by atoms with Gasteiger partial charge < -0.3 is 14.2 Å². The van der Waals surface area contributed by atoms with Crippen LogP contribution in [0, 0.1) is 0 Å². The second-order valence-electron chi connectivity index (χ2n) is 7.80. The maximum atomic E-state index is 6.52. The number of fused-ring (bicyclic) bond motifs is 2. The van der Waals surface area contributed by atoms with E-state index in [0.29, 0.717) is 5.75 Å². The largest absolute Gasteiger partial charge is 0.456 e. The fourth-order valence-corrected chi connectivity index (χ4v) is 4.50. The first-order chi connectivity index (χ1) is 15.6. The Labute approximate surface area is 189 Å². The maximum absolute atomic E-state index is 6.52. The van der Waals surface area contributed by atoms with Gasteiger partial charge in [-0.25, -0.2) is 4.58 Å². The highest BCUT2D eigenvalue weighted by Gasteiger charge is 2.21. The van der Waals surface area contributed by atoms with Crippen LogP contribution in [0.15, 0.2) is 65.1 Å². The van der Waals surface area contributed by atoms with Gasteiger partial charge in [-0.3, -0.25) is 0 Å².